The third-order valence-corrected chi connectivity index (χ3v) is 6.39. The largest absolute Gasteiger partial charge is 0.486 e. The minimum atomic E-state index is -0.272. The van der Waals surface area contributed by atoms with Crippen molar-refractivity contribution < 1.29 is 23.2 Å². The van der Waals surface area contributed by atoms with Gasteiger partial charge >= 0.3 is 0 Å². The lowest BCUT2D eigenvalue weighted by Gasteiger charge is -2.37. The monoisotopic (exact) mass is 498 g/mol. The Balaban J connectivity index is 1.36. The first-order valence-corrected chi connectivity index (χ1v) is 12.5. The summed E-state index contributed by atoms with van der Waals surface area (Å²) in [5.74, 6) is 1.78. The van der Waals surface area contributed by atoms with Crippen molar-refractivity contribution in [3.8, 4) is 5.75 Å². The molecule has 1 aliphatic heterocycles. The summed E-state index contributed by atoms with van der Waals surface area (Å²) in [5.41, 5.74) is 3.21. The van der Waals surface area contributed by atoms with Gasteiger partial charge in [-0.2, -0.15) is 0 Å². The van der Waals surface area contributed by atoms with Crippen molar-refractivity contribution in [3.63, 3.8) is 0 Å². The molecule has 5 rings (SSSR count). The number of nitrogens with zero attached hydrogens (tertiary/aromatic N) is 1. The van der Waals surface area contributed by atoms with Crippen LogP contribution in [0.15, 0.2) is 87.9 Å². The lowest BCUT2D eigenvalue weighted by atomic mass is 9.87. The Morgan fingerprint density at radius 2 is 1.86 bits per heavy atom. The van der Waals surface area contributed by atoms with Crippen LogP contribution in [0.2, 0.25) is 0 Å². The molecule has 190 valence electrons. The molecule has 2 amide bonds. The summed E-state index contributed by atoms with van der Waals surface area (Å²) < 4.78 is 17.2. The Morgan fingerprint density at radius 1 is 1.03 bits per heavy atom. The maximum atomic E-state index is 13.3. The van der Waals surface area contributed by atoms with E-state index in [2.05, 4.69) is 11.4 Å². The molecule has 1 aliphatic rings. The van der Waals surface area contributed by atoms with E-state index >= 15 is 0 Å². The van der Waals surface area contributed by atoms with E-state index in [0.717, 1.165) is 17.5 Å². The van der Waals surface area contributed by atoms with Crippen molar-refractivity contribution >= 4 is 11.8 Å². The summed E-state index contributed by atoms with van der Waals surface area (Å²) in [6.07, 6.45) is 2.25. The predicted molar refractivity (Wildman–Crippen MR) is 138 cm³/mol. The van der Waals surface area contributed by atoms with Crippen molar-refractivity contribution in [1.82, 2.24) is 10.2 Å². The highest BCUT2D eigenvalue weighted by Gasteiger charge is 2.34. The van der Waals surface area contributed by atoms with Crippen LogP contribution in [-0.4, -0.2) is 29.8 Å². The van der Waals surface area contributed by atoms with Crippen LogP contribution in [0.4, 0.5) is 0 Å². The van der Waals surface area contributed by atoms with E-state index in [1.54, 1.807) is 24.3 Å². The first-order valence-electron chi connectivity index (χ1n) is 12.5. The minimum Gasteiger partial charge on any atom is -0.486 e. The van der Waals surface area contributed by atoms with Gasteiger partial charge in [0.25, 0.3) is 11.8 Å². The molecular formula is C30H30N2O5. The number of furan rings is 2. The van der Waals surface area contributed by atoms with Crippen LogP contribution in [0.25, 0.3) is 0 Å². The quantitative estimate of drug-likeness (QED) is 0.341. The van der Waals surface area contributed by atoms with Gasteiger partial charge in [0.1, 0.15) is 18.1 Å². The molecular weight excluding hydrogens is 468 g/mol. The lowest BCUT2D eigenvalue weighted by molar-refractivity contribution is 0.0661. The van der Waals surface area contributed by atoms with Crippen molar-refractivity contribution in [2.75, 3.05) is 13.1 Å². The van der Waals surface area contributed by atoms with Gasteiger partial charge in [-0.3, -0.25) is 9.59 Å². The normalized spacial score (nSPS) is 14.9. The van der Waals surface area contributed by atoms with Gasteiger partial charge in [0.05, 0.1) is 12.3 Å². The summed E-state index contributed by atoms with van der Waals surface area (Å²) in [6.45, 7) is 5.42. The Labute approximate surface area is 216 Å². The number of hydrogen-bond acceptors (Lipinski definition) is 5. The topological polar surface area (TPSA) is 84.9 Å². The molecule has 4 aromatic rings. The Bertz CT molecular complexity index is 1360. The van der Waals surface area contributed by atoms with Crippen molar-refractivity contribution in [3.05, 3.63) is 113 Å². The zero-order valence-corrected chi connectivity index (χ0v) is 21.0. The fourth-order valence-corrected chi connectivity index (χ4v) is 4.55. The van der Waals surface area contributed by atoms with E-state index in [4.69, 9.17) is 13.6 Å². The van der Waals surface area contributed by atoms with E-state index in [1.807, 2.05) is 61.2 Å². The standard InChI is InChI=1S/C30H30N2O5/c1-20(2)18-31-29(33)26-13-12-24(37-26)19-36-23-11-10-21-14-15-32(30(34)27-9-6-16-35-27)28(25(21)17-23)22-7-4-3-5-8-22/h3-13,16-17,20,28H,14-15,18-19H2,1-2H3,(H,31,33)/t28-/m0/s1. The third-order valence-electron chi connectivity index (χ3n) is 6.39. The zero-order valence-electron chi connectivity index (χ0n) is 21.0. The van der Waals surface area contributed by atoms with E-state index in [1.165, 1.54) is 11.8 Å². The number of hydrogen-bond donors (Lipinski definition) is 1. The van der Waals surface area contributed by atoms with Crippen molar-refractivity contribution in [2.24, 2.45) is 5.92 Å². The Hall–Kier alpha value is -4.26. The molecule has 0 saturated heterocycles. The molecule has 0 aliphatic carbocycles. The second kappa shape index (κ2) is 10.8. The average Bonchev–Trinajstić information content (AvgIpc) is 3.63. The number of carbonyl (C=O) groups excluding carboxylic acids is 2. The number of amides is 2. The maximum Gasteiger partial charge on any atom is 0.290 e. The highest BCUT2D eigenvalue weighted by molar-refractivity contribution is 5.92. The lowest BCUT2D eigenvalue weighted by Crippen LogP contribution is -2.40. The van der Waals surface area contributed by atoms with Crippen LogP contribution >= 0.6 is 0 Å². The predicted octanol–water partition coefficient (Wildman–Crippen LogP) is 5.63. The second-order valence-corrected chi connectivity index (χ2v) is 9.56. The summed E-state index contributed by atoms with van der Waals surface area (Å²) in [4.78, 5) is 27.5. The molecule has 0 unspecified atom stereocenters. The first kappa shape index (κ1) is 24.4. The van der Waals surface area contributed by atoms with Gasteiger partial charge in [-0.1, -0.05) is 50.2 Å². The number of carbonyl (C=O) groups is 2. The molecule has 7 nitrogen and oxygen atoms in total. The van der Waals surface area contributed by atoms with Crippen LogP contribution in [0.5, 0.6) is 5.75 Å². The van der Waals surface area contributed by atoms with Gasteiger partial charge < -0.3 is 23.8 Å². The van der Waals surface area contributed by atoms with Crippen LogP contribution < -0.4 is 10.1 Å². The van der Waals surface area contributed by atoms with Gasteiger partial charge in [-0.05, 0) is 65.4 Å². The highest BCUT2D eigenvalue weighted by atomic mass is 16.5. The molecule has 0 radical (unpaired) electrons. The van der Waals surface area contributed by atoms with Gasteiger partial charge in [0.2, 0.25) is 0 Å². The molecule has 2 aromatic carbocycles. The molecule has 7 heteroatoms. The van der Waals surface area contributed by atoms with Crippen molar-refractivity contribution in [1.29, 1.82) is 0 Å². The van der Waals surface area contributed by atoms with E-state index < -0.39 is 0 Å². The van der Waals surface area contributed by atoms with Gasteiger partial charge in [-0.15, -0.1) is 0 Å². The van der Waals surface area contributed by atoms with Gasteiger partial charge in [0, 0.05) is 13.1 Å². The average molecular weight is 499 g/mol. The summed E-state index contributed by atoms with van der Waals surface area (Å²) in [7, 11) is 0. The smallest absolute Gasteiger partial charge is 0.290 e. The highest BCUT2D eigenvalue weighted by Crippen LogP contribution is 2.38. The van der Waals surface area contributed by atoms with Crippen LogP contribution in [0, 0.1) is 5.92 Å². The van der Waals surface area contributed by atoms with E-state index in [-0.39, 0.29) is 30.2 Å². The van der Waals surface area contributed by atoms with Crippen LogP contribution in [-0.2, 0) is 13.0 Å². The van der Waals surface area contributed by atoms with Gasteiger partial charge in [-0.25, -0.2) is 0 Å². The first-order chi connectivity index (χ1) is 18.0. The molecule has 0 saturated carbocycles. The molecule has 37 heavy (non-hydrogen) atoms. The summed E-state index contributed by atoms with van der Waals surface area (Å²) in [5, 5.41) is 2.85. The zero-order chi connectivity index (χ0) is 25.8. The number of benzene rings is 2. The number of rotatable bonds is 8. The molecule has 0 bridgehead atoms. The molecule has 0 spiro atoms. The fraction of sp³-hybridized carbons (Fsp3) is 0.267. The van der Waals surface area contributed by atoms with Crippen LogP contribution in [0.1, 0.15) is 63.4 Å². The number of ether oxygens (including phenoxy) is 1. The Kier molecular flexibility index (Phi) is 7.12. The molecule has 1 atom stereocenters. The maximum absolute atomic E-state index is 13.3. The third kappa shape index (κ3) is 5.45. The molecule has 3 heterocycles. The van der Waals surface area contributed by atoms with Gasteiger partial charge in [0.15, 0.2) is 11.5 Å². The number of fused-ring (bicyclic) bond motifs is 1. The fourth-order valence-electron chi connectivity index (χ4n) is 4.55. The minimum absolute atomic E-state index is 0.144. The van der Waals surface area contributed by atoms with E-state index in [9.17, 15) is 9.59 Å². The second-order valence-electron chi connectivity index (χ2n) is 9.56. The van der Waals surface area contributed by atoms with E-state index in [0.29, 0.717) is 36.3 Å². The summed E-state index contributed by atoms with van der Waals surface area (Å²) >= 11 is 0. The number of nitrogens with one attached hydrogen (secondary N) is 1. The van der Waals surface area contributed by atoms with Crippen molar-refractivity contribution in [2.45, 2.75) is 32.9 Å². The Morgan fingerprint density at radius 3 is 2.62 bits per heavy atom. The SMILES string of the molecule is CC(C)CNC(=O)c1ccc(COc2ccc3c(c2)[C@H](c2ccccc2)N(C(=O)c2ccco2)CC3)o1. The summed E-state index contributed by atoms with van der Waals surface area (Å²) in [6, 6.07) is 22.5. The molecule has 0 fully saturated rings. The van der Waals surface area contributed by atoms with Crippen LogP contribution in [0.3, 0.4) is 0 Å². The molecule has 2 aromatic heterocycles. The molecule has 1 N–H and O–H groups in total.